The Morgan fingerprint density at radius 3 is 2.88 bits per heavy atom. The maximum Gasteiger partial charge on any atom is 0.119 e. The summed E-state index contributed by atoms with van der Waals surface area (Å²) in [7, 11) is 0. The molecule has 0 spiro atoms. The molecule has 2 aromatic rings. The molecule has 0 aliphatic heterocycles. The molecule has 0 amide bonds. The number of hydrogen-bond donors (Lipinski definition) is 1. The molecule has 0 unspecified atom stereocenters. The van der Waals surface area contributed by atoms with E-state index in [1.807, 2.05) is 36.6 Å². The minimum absolute atomic E-state index is 0.0633. The van der Waals surface area contributed by atoms with Crippen molar-refractivity contribution >= 4 is 11.3 Å². The van der Waals surface area contributed by atoms with E-state index in [2.05, 4.69) is 11.4 Å². The highest BCUT2D eigenvalue weighted by Gasteiger charge is 2.09. The van der Waals surface area contributed by atoms with Crippen LogP contribution in [0.4, 0.5) is 0 Å². The van der Waals surface area contributed by atoms with Crippen LogP contribution in [-0.2, 0) is 0 Å². The summed E-state index contributed by atoms with van der Waals surface area (Å²) in [6.45, 7) is 2.66. The smallest absolute Gasteiger partial charge is 0.119 e. The molecule has 0 saturated carbocycles. The van der Waals surface area contributed by atoms with Crippen LogP contribution in [0.15, 0.2) is 41.1 Å². The average molecular weight is 233 g/mol. The predicted molar refractivity (Wildman–Crippen MR) is 68.0 cm³/mol. The fourth-order valence-corrected chi connectivity index (χ4v) is 2.31. The third-order valence-corrected chi connectivity index (χ3v) is 3.13. The van der Waals surface area contributed by atoms with Gasteiger partial charge in [-0.2, -0.15) is 11.3 Å². The van der Waals surface area contributed by atoms with E-state index < -0.39 is 0 Å². The molecule has 2 N–H and O–H groups in total. The van der Waals surface area contributed by atoms with Crippen LogP contribution in [0.2, 0.25) is 0 Å². The highest BCUT2D eigenvalue weighted by molar-refractivity contribution is 7.08. The Bertz CT molecular complexity index is 439. The van der Waals surface area contributed by atoms with Crippen molar-refractivity contribution < 1.29 is 4.74 Å². The van der Waals surface area contributed by atoms with E-state index in [9.17, 15) is 0 Å². The number of rotatable bonds is 4. The maximum absolute atomic E-state index is 6.18. The van der Waals surface area contributed by atoms with Crippen LogP contribution in [0.1, 0.15) is 24.1 Å². The van der Waals surface area contributed by atoms with Crippen LogP contribution in [0.5, 0.6) is 5.75 Å². The second kappa shape index (κ2) is 5.14. The van der Waals surface area contributed by atoms with Crippen molar-refractivity contribution in [3.63, 3.8) is 0 Å². The Morgan fingerprint density at radius 2 is 2.19 bits per heavy atom. The van der Waals surface area contributed by atoms with Crippen molar-refractivity contribution in [2.24, 2.45) is 5.73 Å². The molecule has 3 heteroatoms. The van der Waals surface area contributed by atoms with Crippen molar-refractivity contribution in [1.29, 1.82) is 0 Å². The Labute approximate surface area is 99.7 Å². The first kappa shape index (κ1) is 11.2. The molecule has 2 nitrogen and oxygen atoms in total. The van der Waals surface area contributed by atoms with Gasteiger partial charge in [0.25, 0.3) is 0 Å². The van der Waals surface area contributed by atoms with Gasteiger partial charge in [-0.1, -0.05) is 12.1 Å². The van der Waals surface area contributed by atoms with Gasteiger partial charge in [0, 0.05) is 0 Å². The molecule has 0 aliphatic rings. The fraction of sp³-hybridized carbons (Fsp3) is 0.231. The lowest BCUT2D eigenvalue weighted by molar-refractivity contribution is 0.340. The van der Waals surface area contributed by atoms with E-state index in [-0.39, 0.29) is 6.04 Å². The van der Waals surface area contributed by atoms with Crippen molar-refractivity contribution in [1.82, 2.24) is 0 Å². The van der Waals surface area contributed by atoms with E-state index in [1.165, 1.54) is 0 Å². The van der Waals surface area contributed by atoms with Crippen LogP contribution in [-0.4, -0.2) is 6.61 Å². The molecule has 0 saturated heterocycles. The Kier molecular flexibility index (Phi) is 3.59. The number of thiophene rings is 1. The zero-order valence-corrected chi connectivity index (χ0v) is 10.0. The third-order valence-electron chi connectivity index (χ3n) is 2.43. The summed E-state index contributed by atoms with van der Waals surface area (Å²) in [6, 6.07) is 9.96. The van der Waals surface area contributed by atoms with Gasteiger partial charge >= 0.3 is 0 Å². The lowest BCUT2D eigenvalue weighted by atomic mass is 10.0. The number of nitrogens with two attached hydrogens (primary N) is 1. The quantitative estimate of drug-likeness (QED) is 0.880. The third kappa shape index (κ3) is 2.43. The fourth-order valence-electron chi connectivity index (χ4n) is 1.61. The molecule has 1 aromatic heterocycles. The highest BCUT2D eigenvalue weighted by atomic mass is 32.1. The second-order valence-electron chi connectivity index (χ2n) is 3.54. The van der Waals surface area contributed by atoms with Gasteiger partial charge in [-0.05, 0) is 47.0 Å². The first-order valence-electron chi connectivity index (χ1n) is 5.31. The zero-order valence-electron chi connectivity index (χ0n) is 9.22. The zero-order chi connectivity index (χ0) is 11.4. The van der Waals surface area contributed by atoms with Gasteiger partial charge in [0.05, 0.1) is 12.6 Å². The van der Waals surface area contributed by atoms with Crippen molar-refractivity contribution in [2.75, 3.05) is 6.61 Å². The van der Waals surface area contributed by atoms with Crippen LogP contribution >= 0.6 is 11.3 Å². The Balaban J connectivity index is 2.23. The molecular weight excluding hydrogens is 218 g/mol. The molecule has 2 rings (SSSR count). The molecular formula is C13H15NOS. The minimum Gasteiger partial charge on any atom is -0.494 e. The summed E-state index contributed by atoms with van der Waals surface area (Å²) < 4.78 is 5.46. The SMILES string of the molecule is CCOc1cccc([C@H](N)c2ccsc2)c1. The number of ether oxygens (including phenoxy) is 1. The summed E-state index contributed by atoms with van der Waals surface area (Å²) in [4.78, 5) is 0. The Hall–Kier alpha value is -1.32. The van der Waals surface area contributed by atoms with E-state index in [4.69, 9.17) is 10.5 Å². The predicted octanol–water partition coefficient (Wildman–Crippen LogP) is 3.19. The number of hydrogen-bond acceptors (Lipinski definition) is 3. The monoisotopic (exact) mass is 233 g/mol. The average Bonchev–Trinajstić information content (AvgIpc) is 2.82. The maximum atomic E-state index is 6.18. The van der Waals surface area contributed by atoms with E-state index in [0.29, 0.717) is 6.61 Å². The van der Waals surface area contributed by atoms with E-state index in [0.717, 1.165) is 16.9 Å². The van der Waals surface area contributed by atoms with Crippen LogP contribution in [0, 0.1) is 0 Å². The highest BCUT2D eigenvalue weighted by Crippen LogP contribution is 2.24. The standard InChI is InChI=1S/C13H15NOS/c1-2-15-12-5-3-4-10(8-12)13(14)11-6-7-16-9-11/h3-9,13H,2,14H2,1H3/t13-/m0/s1. The summed E-state index contributed by atoms with van der Waals surface area (Å²) in [5, 5.41) is 4.12. The summed E-state index contributed by atoms with van der Waals surface area (Å²) in [6.07, 6.45) is 0. The summed E-state index contributed by atoms with van der Waals surface area (Å²) in [5.41, 5.74) is 8.42. The molecule has 0 bridgehead atoms. The molecule has 1 atom stereocenters. The summed E-state index contributed by atoms with van der Waals surface area (Å²) in [5.74, 6) is 0.880. The molecule has 84 valence electrons. The normalized spacial score (nSPS) is 12.4. The van der Waals surface area contributed by atoms with Crippen LogP contribution in [0.3, 0.4) is 0 Å². The first-order valence-corrected chi connectivity index (χ1v) is 6.26. The van der Waals surface area contributed by atoms with Crippen molar-refractivity contribution in [3.05, 3.63) is 52.2 Å². The Morgan fingerprint density at radius 1 is 1.31 bits per heavy atom. The van der Waals surface area contributed by atoms with Crippen LogP contribution in [0.25, 0.3) is 0 Å². The first-order chi connectivity index (χ1) is 7.81. The van der Waals surface area contributed by atoms with Gasteiger partial charge in [-0.15, -0.1) is 0 Å². The van der Waals surface area contributed by atoms with Gasteiger partial charge in [-0.25, -0.2) is 0 Å². The molecule has 1 aromatic carbocycles. The van der Waals surface area contributed by atoms with Crippen LogP contribution < -0.4 is 10.5 Å². The topological polar surface area (TPSA) is 35.2 Å². The van der Waals surface area contributed by atoms with Gasteiger partial charge in [0.1, 0.15) is 5.75 Å². The van der Waals surface area contributed by atoms with Gasteiger partial charge in [0.15, 0.2) is 0 Å². The van der Waals surface area contributed by atoms with Crippen molar-refractivity contribution in [3.8, 4) is 5.75 Å². The van der Waals surface area contributed by atoms with Gasteiger partial charge < -0.3 is 10.5 Å². The van der Waals surface area contributed by atoms with E-state index >= 15 is 0 Å². The van der Waals surface area contributed by atoms with Gasteiger partial charge in [-0.3, -0.25) is 0 Å². The number of benzene rings is 1. The van der Waals surface area contributed by atoms with E-state index in [1.54, 1.807) is 11.3 Å². The molecule has 0 fully saturated rings. The molecule has 0 radical (unpaired) electrons. The minimum atomic E-state index is -0.0633. The summed E-state index contributed by atoms with van der Waals surface area (Å²) >= 11 is 1.67. The lowest BCUT2D eigenvalue weighted by Crippen LogP contribution is -2.10. The van der Waals surface area contributed by atoms with Gasteiger partial charge in [0.2, 0.25) is 0 Å². The van der Waals surface area contributed by atoms with Crippen molar-refractivity contribution in [2.45, 2.75) is 13.0 Å². The largest absolute Gasteiger partial charge is 0.494 e. The molecule has 16 heavy (non-hydrogen) atoms. The molecule has 0 aliphatic carbocycles. The lowest BCUT2D eigenvalue weighted by Gasteiger charge is -2.12. The molecule has 1 heterocycles. The second-order valence-corrected chi connectivity index (χ2v) is 4.32.